The molecule has 0 radical (unpaired) electrons. The summed E-state index contributed by atoms with van der Waals surface area (Å²) in [6.45, 7) is 8.55. The molecule has 1 rings (SSSR count). The van der Waals surface area contributed by atoms with E-state index in [1.54, 1.807) is 4.68 Å². The number of hydrogen-bond donors (Lipinski definition) is 1. The van der Waals surface area contributed by atoms with Crippen molar-refractivity contribution in [2.45, 2.75) is 38.5 Å². The summed E-state index contributed by atoms with van der Waals surface area (Å²) in [5, 5.41) is 15.7. The molecule has 1 heterocycles. The molecule has 0 atom stereocenters. The Kier molecular flexibility index (Phi) is 6.36. The Labute approximate surface area is 100 Å². The van der Waals surface area contributed by atoms with Crippen LogP contribution in [0.15, 0.2) is 5.16 Å². The van der Waals surface area contributed by atoms with Crippen LogP contribution in [0, 0.1) is 0 Å². The number of tetrazole rings is 1. The molecule has 6 nitrogen and oxygen atoms in total. The van der Waals surface area contributed by atoms with Gasteiger partial charge in [-0.1, -0.05) is 25.6 Å². The van der Waals surface area contributed by atoms with E-state index in [1.807, 2.05) is 6.92 Å². The molecule has 0 fully saturated rings. The van der Waals surface area contributed by atoms with Crippen LogP contribution in [0.1, 0.15) is 20.8 Å². The van der Waals surface area contributed by atoms with E-state index in [0.29, 0.717) is 18.6 Å². The number of nitrogens with zero attached hydrogens (tertiary/aromatic N) is 4. The van der Waals surface area contributed by atoms with Gasteiger partial charge in [-0.2, -0.15) is 0 Å². The lowest BCUT2D eigenvalue weighted by molar-refractivity contribution is 0.199. The van der Waals surface area contributed by atoms with Gasteiger partial charge in [-0.15, -0.1) is 5.10 Å². The molecule has 0 spiro atoms. The summed E-state index contributed by atoms with van der Waals surface area (Å²) < 4.78 is 7.03. The predicted molar refractivity (Wildman–Crippen MR) is 63.3 cm³/mol. The number of ether oxygens (including phenoxy) is 1. The predicted octanol–water partition coefficient (Wildman–Crippen LogP) is 0.757. The average Bonchev–Trinajstić information content (AvgIpc) is 2.66. The molecule has 92 valence electrons. The zero-order chi connectivity index (χ0) is 11.8. The molecule has 1 N–H and O–H groups in total. The summed E-state index contributed by atoms with van der Waals surface area (Å²) >= 11 is 1.51. The van der Waals surface area contributed by atoms with Crippen molar-refractivity contribution in [3.63, 3.8) is 0 Å². The highest BCUT2D eigenvalue weighted by Gasteiger charge is 2.06. The van der Waals surface area contributed by atoms with Crippen molar-refractivity contribution in [1.82, 2.24) is 25.5 Å². The number of aromatic nitrogens is 4. The summed E-state index contributed by atoms with van der Waals surface area (Å²) in [5.74, 6) is 0.592. The molecule has 0 saturated carbocycles. The van der Waals surface area contributed by atoms with Crippen molar-refractivity contribution in [2.24, 2.45) is 0 Å². The molecule has 0 aromatic carbocycles. The highest BCUT2D eigenvalue weighted by molar-refractivity contribution is 7.99. The van der Waals surface area contributed by atoms with Gasteiger partial charge in [0, 0.05) is 19.2 Å². The van der Waals surface area contributed by atoms with E-state index in [2.05, 4.69) is 34.7 Å². The Morgan fingerprint density at radius 1 is 1.50 bits per heavy atom. The standard InChI is InChI=1S/C9H19N5OS/c1-4-15-7-16-9-11-12-13-14(9)6-5-10-8(2)3/h8,10H,4-7H2,1-3H3. The summed E-state index contributed by atoms with van der Waals surface area (Å²) in [5.41, 5.74) is 0. The van der Waals surface area contributed by atoms with E-state index >= 15 is 0 Å². The minimum absolute atomic E-state index is 0.482. The molecule has 16 heavy (non-hydrogen) atoms. The molecule has 1 aromatic heterocycles. The first-order chi connectivity index (χ1) is 7.74. The van der Waals surface area contributed by atoms with Gasteiger partial charge in [0.05, 0.1) is 12.5 Å². The van der Waals surface area contributed by atoms with Crippen LogP contribution in [0.2, 0.25) is 0 Å². The van der Waals surface area contributed by atoms with Gasteiger partial charge in [0.15, 0.2) is 0 Å². The van der Waals surface area contributed by atoms with Crippen molar-refractivity contribution >= 4 is 11.8 Å². The minimum Gasteiger partial charge on any atom is -0.371 e. The van der Waals surface area contributed by atoms with Crippen LogP contribution in [0.4, 0.5) is 0 Å². The van der Waals surface area contributed by atoms with Crippen LogP contribution >= 0.6 is 11.8 Å². The van der Waals surface area contributed by atoms with E-state index in [-0.39, 0.29) is 0 Å². The number of hydrogen-bond acceptors (Lipinski definition) is 6. The van der Waals surface area contributed by atoms with Gasteiger partial charge in [0.25, 0.3) is 0 Å². The topological polar surface area (TPSA) is 64.9 Å². The zero-order valence-corrected chi connectivity index (χ0v) is 10.8. The Hall–Kier alpha value is -0.660. The number of rotatable bonds is 8. The summed E-state index contributed by atoms with van der Waals surface area (Å²) in [6, 6.07) is 0.482. The minimum atomic E-state index is 0.482. The molecule has 0 unspecified atom stereocenters. The number of nitrogens with one attached hydrogen (secondary N) is 1. The van der Waals surface area contributed by atoms with Crippen molar-refractivity contribution in [1.29, 1.82) is 0 Å². The average molecular weight is 245 g/mol. The molecule has 1 aromatic rings. The Morgan fingerprint density at radius 3 is 3.00 bits per heavy atom. The number of thioether (sulfide) groups is 1. The third kappa shape index (κ3) is 4.91. The van der Waals surface area contributed by atoms with Gasteiger partial charge in [-0.25, -0.2) is 4.68 Å². The van der Waals surface area contributed by atoms with E-state index < -0.39 is 0 Å². The fourth-order valence-electron chi connectivity index (χ4n) is 1.08. The van der Waals surface area contributed by atoms with Crippen LogP contribution < -0.4 is 5.32 Å². The maximum atomic E-state index is 5.24. The first-order valence-electron chi connectivity index (χ1n) is 5.44. The smallest absolute Gasteiger partial charge is 0.211 e. The van der Waals surface area contributed by atoms with Gasteiger partial charge in [-0.3, -0.25) is 0 Å². The molecule has 7 heteroatoms. The van der Waals surface area contributed by atoms with Crippen LogP contribution in [0.25, 0.3) is 0 Å². The van der Waals surface area contributed by atoms with E-state index in [9.17, 15) is 0 Å². The highest BCUT2D eigenvalue weighted by atomic mass is 32.2. The zero-order valence-electron chi connectivity index (χ0n) is 10.0. The van der Waals surface area contributed by atoms with Crippen LogP contribution in [0.5, 0.6) is 0 Å². The monoisotopic (exact) mass is 245 g/mol. The van der Waals surface area contributed by atoms with Crippen molar-refractivity contribution in [3.05, 3.63) is 0 Å². The molecule has 0 aliphatic rings. The second kappa shape index (κ2) is 7.59. The molecular formula is C9H19N5OS. The maximum Gasteiger partial charge on any atom is 0.211 e. The fraction of sp³-hybridized carbons (Fsp3) is 0.889. The maximum absolute atomic E-state index is 5.24. The third-order valence-electron chi connectivity index (χ3n) is 1.85. The Balaban J connectivity index is 2.32. The first kappa shape index (κ1) is 13.4. The SMILES string of the molecule is CCOCSc1nnnn1CCNC(C)C. The fourth-order valence-corrected chi connectivity index (χ4v) is 1.80. The molecular weight excluding hydrogens is 226 g/mol. The van der Waals surface area contributed by atoms with E-state index in [1.165, 1.54) is 11.8 Å². The largest absolute Gasteiger partial charge is 0.371 e. The molecule has 0 aliphatic heterocycles. The Bertz CT molecular complexity index is 291. The second-order valence-corrected chi connectivity index (χ2v) is 4.44. The second-order valence-electron chi connectivity index (χ2n) is 3.55. The normalized spacial score (nSPS) is 11.2. The molecule has 0 saturated heterocycles. The van der Waals surface area contributed by atoms with Gasteiger partial charge in [-0.05, 0) is 17.4 Å². The molecule has 0 amide bonds. The lowest BCUT2D eigenvalue weighted by atomic mass is 10.4. The van der Waals surface area contributed by atoms with Crippen molar-refractivity contribution in [3.8, 4) is 0 Å². The van der Waals surface area contributed by atoms with Crippen LogP contribution in [-0.2, 0) is 11.3 Å². The van der Waals surface area contributed by atoms with E-state index in [4.69, 9.17) is 4.74 Å². The first-order valence-corrected chi connectivity index (χ1v) is 6.42. The molecule has 0 bridgehead atoms. The summed E-state index contributed by atoms with van der Waals surface area (Å²) in [4.78, 5) is 0. The third-order valence-corrected chi connectivity index (χ3v) is 2.69. The summed E-state index contributed by atoms with van der Waals surface area (Å²) in [7, 11) is 0. The van der Waals surface area contributed by atoms with Crippen molar-refractivity contribution < 1.29 is 4.74 Å². The summed E-state index contributed by atoms with van der Waals surface area (Å²) in [6.07, 6.45) is 0. The lowest BCUT2D eigenvalue weighted by Gasteiger charge is -2.08. The van der Waals surface area contributed by atoms with Gasteiger partial charge >= 0.3 is 0 Å². The van der Waals surface area contributed by atoms with E-state index in [0.717, 1.165) is 18.2 Å². The highest BCUT2D eigenvalue weighted by Crippen LogP contribution is 2.12. The van der Waals surface area contributed by atoms with Gasteiger partial charge < -0.3 is 10.1 Å². The van der Waals surface area contributed by atoms with Crippen LogP contribution in [-0.4, -0.2) is 45.3 Å². The van der Waals surface area contributed by atoms with Gasteiger partial charge in [0.1, 0.15) is 0 Å². The van der Waals surface area contributed by atoms with Crippen molar-refractivity contribution in [2.75, 3.05) is 19.1 Å². The van der Waals surface area contributed by atoms with Crippen LogP contribution in [0.3, 0.4) is 0 Å². The lowest BCUT2D eigenvalue weighted by Crippen LogP contribution is -2.27. The Morgan fingerprint density at radius 2 is 2.31 bits per heavy atom. The molecule has 0 aliphatic carbocycles. The quantitative estimate of drug-likeness (QED) is 0.414. The van der Waals surface area contributed by atoms with Gasteiger partial charge in [0.2, 0.25) is 5.16 Å².